The van der Waals surface area contributed by atoms with Gasteiger partial charge in [0.15, 0.2) is 5.82 Å². The minimum absolute atomic E-state index is 0.809. The molecule has 17 heavy (non-hydrogen) atoms. The van der Waals surface area contributed by atoms with E-state index in [9.17, 15) is 0 Å². The molecule has 1 saturated heterocycles. The van der Waals surface area contributed by atoms with Crippen molar-refractivity contribution < 1.29 is 0 Å². The molecular weight excluding hydrogens is 212 g/mol. The Morgan fingerprint density at radius 2 is 1.94 bits per heavy atom. The van der Waals surface area contributed by atoms with Gasteiger partial charge in [-0.3, -0.25) is 4.68 Å². The van der Waals surface area contributed by atoms with Crippen LogP contribution in [0.15, 0.2) is 18.2 Å². The number of hydrogen-bond donors (Lipinski definition) is 1. The van der Waals surface area contributed by atoms with Gasteiger partial charge in [-0.25, -0.2) is 0 Å². The Hall–Kier alpha value is -1.71. The number of rotatable bonds is 1. The molecule has 1 fully saturated rings. The molecule has 1 aromatic heterocycles. The lowest BCUT2D eigenvalue weighted by atomic mass is 10.1. The van der Waals surface area contributed by atoms with Crippen LogP contribution in [0.5, 0.6) is 0 Å². The van der Waals surface area contributed by atoms with E-state index in [1.165, 1.54) is 24.6 Å². The largest absolute Gasteiger partial charge is 0.399 e. The van der Waals surface area contributed by atoms with E-state index in [0.717, 1.165) is 30.1 Å². The smallest absolute Gasteiger partial charge is 0.158 e. The molecule has 0 saturated carbocycles. The summed E-state index contributed by atoms with van der Waals surface area (Å²) in [7, 11) is 1.99. The van der Waals surface area contributed by atoms with E-state index in [1.807, 2.05) is 29.9 Å². The molecule has 2 heterocycles. The molecule has 3 rings (SSSR count). The number of fused-ring (bicyclic) bond motifs is 1. The van der Waals surface area contributed by atoms with Gasteiger partial charge in [0.25, 0.3) is 0 Å². The molecule has 2 aromatic rings. The van der Waals surface area contributed by atoms with Crippen LogP contribution < -0.4 is 10.6 Å². The second-order valence-electron chi connectivity index (χ2n) is 4.77. The highest BCUT2D eigenvalue weighted by Gasteiger charge is 2.17. The van der Waals surface area contributed by atoms with Crippen LogP contribution in [0.4, 0.5) is 11.5 Å². The molecule has 90 valence electrons. The summed E-state index contributed by atoms with van der Waals surface area (Å²) in [4.78, 5) is 2.38. The van der Waals surface area contributed by atoms with Crippen molar-refractivity contribution in [2.75, 3.05) is 23.7 Å². The van der Waals surface area contributed by atoms with E-state index in [1.54, 1.807) is 0 Å². The van der Waals surface area contributed by atoms with Crippen LogP contribution in [-0.2, 0) is 7.05 Å². The van der Waals surface area contributed by atoms with Crippen molar-refractivity contribution in [1.82, 2.24) is 9.78 Å². The van der Waals surface area contributed by atoms with E-state index in [4.69, 9.17) is 5.73 Å². The lowest BCUT2D eigenvalue weighted by molar-refractivity contribution is 0.571. The quantitative estimate of drug-likeness (QED) is 0.763. The van der Waals surface area contributed by atoms with E-state index < -0.39 is 0 Å². The molecule has 1 aromatic carbocycles. The molecule has 0 bridgehead atoms. The van der Waals surface area contributed by atoms with Gasteiger partial charge in [0.1, 0.15) is 0 Å². The lowest BCUT2D eigenvalue weighted by Crippen LogP contribution is -2.29. The predicted molar refractivity (Wildman–Crippen MR) is 71.2 cm³/mol. The molecule has 2 N–H and O–H groups in total. The zero-order valence-electron chi connectivity index (χ0n) is 10.2. The van der Waals surface area contributed by atoms with Crippen LogP contribution in [-0.4, -0.2) is 22.9 Å². The maximum atomic E-state index is 5.88. The summed E-state index contributed by atoms with van der Waals surface area (Å²) in [5.74, 6) is 1.09. The third-order valence-electron chi connectivity index (χ3n) is 3.51. The fourth-order valence-electron chi connectivity index (χ4n) is 2.60. The van der Waals surface area contributed by atoms with E-state index in [-0.39, 0.29) is 0 Å². The van der Waals surface area contributed by atoms with E-state index in [0.29, 0.717) is 0 Å². The lowest BCUT2D eigenvalue weighted by Gasteiger charge is -2.26. The summed E-state index contributed by atoms with van der Waals surface area (Å²) >= 11 is 0. The second-order valence-corrected chi connectivity index (χ2v) is 4.77. The normalized spacial score (nSPS) is 16.6. The first-order chi connectivity index (χ1) is 8.25. The van der Waals surface area contributed by atoms with Gasteiger partial charge in [-0.05, 0) is 37.5 Å². The first-order valence-corrected chi connectivity index (χ1v) is 6.23. The minimum atomic E-state index is 0.809. The SMILES string of the molecule is Cn1nc(N2CCCCC2)c2cc(N)ccc21. The summed E-state index contributed by atoms with van der Waals surface area (Å²) < 4.78 is 1.94. The van der Waals surface area contributed by atoms with Crippen molar-refractivity contribution in [3.05, 3.63) is 18.2 Å². The van der Waals surface area contributed by atoms with Gasteiger partial charge < -0.3 is 10.6 Å². The zero-order chi connectivity index (χ0) is 11.8. The fourth-order valence-corrected chi connectivity index (χ4v) is 2.60. The van der Waals surface area contributed by atoms with Gasteiger partial charge in [-0.15, -0.1) is 0 Å². The zero-order valence-corrected chi connectivity index (χ0v) is 10.2. The molecule has 0 aliphatic carbocycles. The number of aromatic nitrogens is 2. The van der Waals surface area contributed by atoms with Crippen molar-refractivity contribution in [2.45, 2.75) is 19.3 Å². The molecule has 4 nitrogen and oxygen atoms in total. The van der Waals surface area contributed by atoms with Crippen molar-refractivity contribution >= 4 is 22.4 Å². The molecule has 0 radical (unpaired) electrons. The van der Waals surface area contributed by atoms with Gasteiger partial charge in [-0.1, -0.05) is 0 Å². The summed E-state index contributed by atoms with van der Waals surface area (Å²) in [5.41, 5.74) is 7.84. The van der Waals surface area contributed by atoms with Gasteiger partial charge in [0, 0.05) is 31.2 Å². The van der Waals surface area contributed by atoms with Crippen LogP contribution in [0.1, 0.15) is 19.3 Å². The van der Waals surface area contributed by atoms with Crippen LogP contribution in [0.25, 0.3) is 10.9 Å². The van der Waals surface area contributed by atoms with Crippen molar-refractivity contribution in [1.29, 1.82) is 0 Å². The first kappa shape index (κ1) is 10.4. The van der Waals surface area contributed by atoms with Gasteiger partial charge in [-0.2, -0.15) is 5.10 Å². The van der Waals surface area contributed by atoms with Gasteiger partial charge >= 0.3 is 0 Å². The third-order valence-corrected chi connectivity index (χ3v) is 3.51. The highest BCUT2D eigenvalue weighted by atomic mass is 15.3. The average molecular weight is 230 g/mol. The molecular formula is C13H18N4. The maximum Gasteiger partial charge on any atom is 0.158 e. The van der Waals surface area contributed by atoms with Crippen molar-refractivity contribution in [3.8, 4) is 0 Å². The molecule has 1 aliphatic heterocycles. The number of anilines is 2. The number of aryl methyl sites for hydroxylation is 1. The minimum Gasteiger partial charge on any atom is -0.399 e. The van der Waals surface area contributed by atoms with Gasteiger partial charge in [0.2, 0.25) is 0 Å². The molecule has 0 amide bonds. The van der Waals surface area contributed by atoms with E-state index in [2.05, 4.69) is 10.00 Å². The Kier molecular flexibility index (Phi) is 2.42. The topological polar surface area (TPSA) is 47.1 Å². The summed E-state index contributed by atoms with van der Waals surface area (Å²) in [6.07, 6.45) is 3.87. The highest BCUT2D eigenvalue weighted by molar-refractivity contribution is 5.92. The molecule has 1 aliphatic rings. The monoisotopic (exact) mass is 230 g/mol. The number of benzene rings is 1. The van der Waals surface area contributed by atoms with Crippen molar-refractivity contribution in [3.63, 3.8) is 0 Å². The van der Waals surface area contributed by atoms with Crippen LogP contribution in [0.3, 0.4) is 0 Å². The Balaban J connectivity index is 2.11. The molecule has 0 spiro atoms. The van der Waals surface area contributed by atoms with Crippen LogP contribution in [0, 0.1) is 0 Å². The molecule has 0 unspecified atom stereocenters. The summed E-state index contributed by atoms with van der Waals surface area (Å²) in [6, 6.07) is 6.02. The molecule has 4 heteroatoms. The Bertz CT molecular complexity index is 538. The van der Waals surface area contributed by atoms with E-state index >= 15 is 0 Å². The number of hydrogen-bond acceptors (Lipinski definition) is 3. The first-order valence-electron chi connectivity index (χ1n) is 6.23. The Morgan fingerprint density at radius 1 is 1.18 bits per heavy atom. The Labute approximate surface area is 101 Å². The Morgan fingerprint density at radius 3 is 2.71 bits per heavy atom. The summed E-state index contributed by atoms with van der Waals surface area (Å²) in [6.45, 7) is 2.22. The summed E-state index contributed by atoms with van der Waals surface area (Å²) in [5, 5.41) is 5.82. The van der Waals surface area contributed by atoms with Crippen molar-refractivity contribution in [2.24, 2.45) is 7.05 Å². The third kappa shape index (κ3) is 1.73. The number of nitrogen functional groups attached to an aromatic ring is 1. The predicted octanol–water partition coefficient (Wildman–Crippen LogP) is 2.15. The number of nitrogens with two attached hydrogens (primary N) is 1. The van der Waals surface area contributed by atoms with Gasteiger partial charge in [0.05, 0.1) is 5.52 Å². The average Bonchev–Trinajstić information content (AvgIpc) is 2.67. The number of nitrogens with zero attached hydrogens (tertiary/aromatic N) is 3. The standard InChI is InChI=1S/C13H18N4/c1-16-12-6-5-10(14)9-11(12)13(15-16)17-7-3-2-4-8-17/h5-6,9H,2-4,7-8,14H2,1H3. The van der Waals surface area contributed by atoms with Crippen LogP contribution >= 0.6 is 0 Å². The fraction of sp³-hybridized carbons (Fsp3) is 0.462. The molecule has 0 atom stereocenters. The van der Waals surface area contributed by atoms with Crippen LogP contribution in [0.2, 0.25) is 0 Å². The maximum absolute atomic E-state index is 5.88. The number of piperidine rings is 1. The highest BCUT2D eigenvalue weighted by Crippen LogP contribution is 2.29. The second kappa shape index (κ2) is 3.95.